The van der Waals surface area contributed by atoms with E-state index in [4.69, 9.17) is 9.47 Å². The Bertz CT molecular complexity index is 982. The first-order valence-electron chi connectivity index (χ1n) is 8.76. The van der Waals surface area contributed by atoms with Crippen LogP contribution in [-0.2, 0) is 11.2 Å². The minimum Gasteiger partial charge on any atom is -0.508 e. The molecule has 1 aliphatic rings. The first kappa shape index (κ1) is 17.1. The van der Waals surface area contributed by atoms with Crippen LogP contribution in [-0.4, -0.2) is 40.4 Å². The monoisotopic (exact) mass is 368 g/mol. The van der Waals surface area contributed by atoms with E-state index < -0.39 is 0 Å². The van der Waals surface area contributed by atoms with Crippen LogP contribution in [0.2, 0.25) is 0 Å². The van der Waals surface area contributed by atoms with E-state index in [1.54, 1.807) is 18.2 Å². The maximum atomic E-state index is 12.2. The fourth-order valence-corrected chi connectivity index (χ4v) is 3.14. The molecule has 1 atom stereocenters. The molecule has 2 heterocycles. The second-order valence-corrected chi connectivity index (χ2v) is 6.53. The summed E-state index contributed by atoms with van der Waals surface area (Å²) in [5.41, 5.74) is 1.91. The molecule has 7 nitrogen and oxygen atoms in total. The van der Waals surface area contributed by atoms with Gasteiger partial charge in [-0.25, -0.2) is 0 Å². The van der Waals surface area contributed by atoms with Gasteiger partial charge in [-0.15, -0.1) is 0 Å². The molecule has 2 aromatic carbocycles. The van der Waals surface area contributed by atoms with Gasteiger partial charge in [0.05, 0.1) is 6.54 Å². The van der Waals surface area contributed by atoms with E-state index in [1.165, 1.54) is 12.1 Å². The SMILES string of the molecule is O=C(CCc1c[nH]c2ccc(O)cc12)NCC1COc2ccc(O)cc2O1. The minimum atomic E-state index is -0.312. The lowest BCUT2D eigenvalue weighted by Crippen LogP contribution is -2.40. The molecule has 140 valence electrons. The molecule has 1 aliphatic heterocycles. The van der Waals surface area contributed by atoms with Crippen LogP contribution in [0, 0.1) is 0 Å². The summed E-state index contributed by atoms with van der Waals surface area (Å²) in [5.74, 6) is 1.27. The second kappa shape index (κ2) is 7.11. The highest BCUT2D eigenvalue weighted by Gasteiger charge is 2.22. The van der Waals surface area contributed by atoms with Gasteiger partial charge in [-0.05, 0) is 42.3 Å². The number of nitrogens with one attached hydrogen (secondary N) is 2. The summed E-state index contributed by atoms with van der Waals surface area (Å²) in [6.07, 6.45) is 2.44. The Morgan fingerprint density at radius 2 is 1.96 bits per heavy atom. The first-order valence-corrected chi connectivity index (χ1v) is 8.76. The number of aryl methyl sites for hydroxylation is 1. The van der Waals surface area contributed by atoms with Gasteiger partial charge in [0, 0.05) is 29.6 Å². The number of benzene rings is 2. The van der Waals surface area contributed by atoms with Crippen LogP contribution >= 0.6 is 0 Å². The lowest BCUT2D eigenvalue weighted by atomic mass is 10.1. The number of amides is 1. The molecule has 1 aromatic heterocycles. The van der Waals surface area contributed by atoms with Crippen molar-refractivity contribution in [2.24, 2.45) is 0 Å². The zero-order valence-electron chi connectivity index (χ0n) is 14.6. The number of aromatic nitrogens is 1. The van der Waals surface area contributed by atoms with Gasteiger partial charge in [0.2, 0.25) is 5.91 Å². The quantitative estimate of drug-likeness (QED) is 0.554. The van der Waals surface area contributed by atoms with Crippen LogP contribution < -0.4 is 14.8 Å². The molecule has 0 spiro atoms. The summed E-state index contributed by atoms with van der Waals surface area (Å²) >= 11 is 0. The molecule has 0 radical (unpaired) electrons. The number of phenolic OH excluding ortho intramolecular Hbond substituents is 2. The van der Waals surface area contributed by atoms with Gasteiger partial charge in [-0.3, -0.25) is 4.79 Å². The number of fused-ring (bicyclic) bond motifs is 2. The van der Waals surface area contributed by atoms with E-state index in [-0.39, 0.29) is 23.5 Å². The Hall–Kier alpha value is -3.35. The molecule has 0 fully saturated rings. The lowest BCUT2D eigenvalue weighted by molar-refractivity contribution is -0.121. The summed E-state index contributed by atoms with van der Waals surface area (Å²) in [5, 5.41) is 22.9. The summed E-state index contributed by atoms with van der Waals surface area (Å²) in [4.78, 5) is 15.3. The van der Waals surface area contributed by atoms with Crippen LogP contribution in [0.1, 0.15) is 12.0 Å². The standard InChI is InChI=1S/C20H20N2O5/c23-13-2-4-17-16(7-13)12(9-21-17)1-6-20(25)22-10-15-11-26-18-5-3-14(24)8-19(18)27-15/h2-5,7-9,15,21,23-24H,1,6,10-11H2,(H,22,25). The highest BCUT2D eigenvalue weighted by Crippen LogP contribution is 2.34. The summed E-state index contributed by atoms with van der Waals surface area (Å²) in [6, 6.07) is 9.81. The number of aromatic amines is 1. The molecule has 7 heteroatoms. The number of aromatic hydroxyl groups is 2. The Kier molecular flexibility index (Phi) is 4.50. The fourth-order valence-electron chi connectivity index (χ4n) is 3.14. The number of hydrogen-bond acceptors (Lipinski definition) is 5. The minimum absolute atomic E-state index is 0.0881. The van der Waals surface area contributed by atoms with Crippen LogP contribution in [0.15, 0.2) is 42.6 Å². The smallest absolute Gasteiger partial charge is 0.220 e. The molecule has 27 heavy (non-hydrogen) atoms. The zero-order valence-corrected chi connectivity index (χ0v) is 14.6. The van der Waals surface area contributed by atoms with Crippen LogP contribution in [0.25, 0.3) is 10.9 Å². The summed E-state index contributed by atoms with van der Waals surface area (Å²) in [7, 11) is 0. The molecular weight excluding hydrogens is 348 g/mol. The molecule has 0 saturated heterocycles. The number of ether oxygens (including phenoxy) is 2. The van der Waals surface area contributed by atoms with Crippen molar-refractivity contribution in [3.8, 4) is 23.0 Å². The Morgan fingerprint density at radius 1 is 1.15 bits per heavy atom. The normalized spacial score (nSPS) is 15.6. The maximum Gasteiger partial charge on any atom is 0.220 e. The van der Waals surface area contributed by atoms with Crippen molar-refractivity contribution < 1.29 is 24.5 Å². The third-order valence-electron chi connectivity index (χ3n) is 4.54. The van der Waals surface area contributed by atoms with Crippen LogP contribution in [0.3, 0.4) is 0 Å². The number of carbonyl (C=O) groups excluding carboxylic acids is 1. The van der Waals surface area contributed by atoms with Crippen molar-refractivity contribution in [1.82, 2.24) is 10.3 Å². The average Bonchev–Trinajstić information content (AvgIpc) is 3.06. The molecule has 4 N–H and O–H groups in total. The van der Waals surface area contributed by atoms with E-state index in [0.717, 1.165) is 16.5 Å². The van der Waals surface area contributed by atoms with E-state index in [2.05, 4.69) is 10.3 Å². The predicted molar refractivity (Wildman–Crippen MR) is 99.3 cm³/mol. The molecule has 4 rings (SSSR count). The van der Waals surface area contributed by atoms with Crippen molar-refractivity contribution >= 4 is 16.8 Å². The largest absolute Gasteiger partial charge is 0.508 e. The number of H-pyrrole nitrogens is 1. The van der Waals surface area contributed by atoms with E-state index >= 15 is 0 Å². The Morgan fingerprint density at radius 3 is 2.85 bits per heavy atom. The van der Waals surface area contributed by atoms with Gasteiger partial charge in [0.1, 0.15) is 24.2 Å². The lowest BCUT2D eigenvalue weighted by Gasteiger charge is -2.26. The van der Waals surface area contributed by atoms with Crippen molar-refractivity contribution in [3.63, 3.8) is 0 Å². The number of rotatable bonds is 5. The Labute approximate surface area is 155 Å². The molecule has 1 amide bonds. The molecule has 0 saturated carbocycles. The molecular formula is C20H20N2O5. The van der Waals surface area contributed by atoms with E-state index in [9.17, 15) is 15.0 Å². The number of phenols is 2. The molecule has 0 aliphatic carbocycles. The van der Waals surface area contributed by atoms with Crippen molar-refractivity contribution in [3.05, 3.63) is 48.2 Å². The van der Waals surface area contributed by atoms with E-state index in [0.29, 0.717) is 37.5 Å². The van der Waals surface area contributed by atoms with Gasteiger partial charge < -0.3 is 30.0 Å². The fraction of sp³-hybridized carbons (Fsp3) is 0.250. The summed E-state index contributed by atoms with van der Waals surface area (Å²) in [6.45, 7) is 0.655. The number of hydrogen-bond donors (Lipinski definition) is 4. The molecule has 3 aromatic rings. The average molecular weight is 368 g/mol. The van der Waals surface area contributed by atoms with Crippen LogP contribution in [0.4, 0.5) is 0 Å². The van der Waals surface area contributed by atoms with E-state index in [1.807, 2.05) is 12.3 Å². The third-order valence-corrected chi connectivity index (χ3v) is 4.54. The van der Waals surface area contributed by atoms with Gasteiger partial charge in [0.25, 0.3) is 0 Å². The first-order chi connectivity index (χ1) is 13.1. The second-order valence-electron chi connectivity index (χ2n) is 6.53. The van der Waals surface area contributed by atoms with Gasteiger partial charge in [0.15, 0.2) is 11.5 Å². The predicted octanol–water partition coefficient (Wildman–Crippen LogP) is 2.47. The van der Waals surface area contributed by atoms with Crippen molar-refractivity contribution in [1.29, 1.82) is 0 Å². The number of carbonyl (C=O) groups is 1. The van der Waals surface area contributed by atoms with Gasteiger partial charge in [-0.1, -0.05) is 0 Å². The molecule has 0 bridgehead atoms. The molecule has 1 unspecified atom stereocenters. The highest BCUT2D eigenvalue weighted by molar-refractivity contribution is 5.85. The highest BCUT2D eigenvalue weighted by atomic mass is 16.6. The van der Waals surface area contributed by atoms with Gasteiger partial charge in [-0.2, -0.15) is 0 Å². The third kappa shape index (κ3) is 3.76. The topological polar surface area (TPSA) is 104 Å². The Balaban J connectivity index is 1.29. The van der Waals surface area contributed by atoms with Crippen molar-refractivity contribution in [2.75, 3.05) is 13.2 Å². The summed E-state index contributed by atoms with van der Waals surface area (Å²) < 4.78 is 11.3. The van der Waals surface area contributed by atoms with Crippen LogP contribution in [0.5, 0.6) is 23.0 Å². The van der Waals surface area contributed by atoms with Crippen molar-refractivity contribution in [2.45, 2.75) is 18.9 Å². The maximum absolute atomic E-state index is 12.2. The zero-order chi connectivity index (χ0) is 18.8. The van der Waals surface area contributed by atoms with Gasteiger partial charge >= 0.3 is 0 Å².